The van der Waals surface area contributed by atoms with Gasteiger partial charge < -0.3 is 9.47 Å². The van der Waals surface area contributed by atoms with Gasteiger partial charge in [-0.05, 0) is 32.0 Å². The molecule has 0 aliphatic carbocycles. The van der Waals surface area contributed by atoms with Crippen molar-refractivity contribution in [2.45, 2.75) is 24.8 Å². The van der Waals surface area contributed by atoms with E-state index >= 15 is 0 Å². The van der Waals surface area contributed by atoms with E-state index in [2.05, 4.69) is 4.98 Å². The van der Waals surface area contributed by atoms with Crippen molar-refractivity contribution in [1.82, 2.24) is 9.29 Å². The third kappa shape index (κ3) is 3.37. The van der Waals surface area contributed by atoms with Gasteiger partial charge in [-0.15, -0.1) is 0 Å². The van der Waals surface area contributed by atoms with Crippen LogP contribution in [0.3, 0.4) is 0 Å². The monoisotopic (exact) mass is 348 g/mol. The summed E-state index contributed by atoms with van der Waals surface area (Å²) in [5.41, 5.74) is 0.863. The number of para-hydroxylation sites is 1. The minimum Gasteiger partial charge on any atom is -0.492 e. The summed E-state index contributed by atoms with van der Waals surface area (Å²) in [5, 5.41) is 0. The molecule has 0 amide bonds. The number of aromatic nitrogens is 1. The highest BCUT2D eigenvalue weighted by Gasteiger charge is 2.39. The molecule has 7 heteroatoms. The Labute approximate surface area is 142 Å². The van der Waals surface area contributed by atoms with Crippen molar-refractivity contribution in [2.75, 3.05) is 19.7 Å². The number of benzene rings is 1. The van der Waals surface area contributed by atoms with Gasteiger partial charge in [0.15, 0.2) is 0 Å². The van der Waals surface area contributed by atoms with Gasteiger partial charge >= 0.3 is 0 Å². The van der Waals surface area contributed by atoms with Crippen molar-refractivity contribution in [3.8, 4) is 11.6 Å². The Bertz CT molecular complexity index is 817. The highest BCUT2D eigenvalue weighted by Crippen LogP contribution is 2.30. The topological polar surface area (TPSA) is 68.7 Å². The normalized spacial score (nSPS) is 15.8. The van der Waals surface area contributed by atoms with Crippen LogP contribution in [0.4, 0.5) is 0 Å². The zero-order chi connectivity index (χ0) is 17.2. The Hall–Kier alpha value is -2.12. The fourth-order valence-corrected chi connectivity index (χ4v) is 4.14. The summed E-state index contributed by atoms with van der Waals surface area (Å²) < 4.78 is 38.0. The minimum atomic E-state index is -3.58. The molecule has 0 atom stereocenters. The maximum absolute atomic E-state index is 12.7. The molecule has 0 unspecified atom stereocenters. The number of sulfonamides is 1. The van der Waals surface area contributed by atoms with Gasteiger partial charge in [0.25, 0.3) is 0 Å². The molecule has 1 saturated heterocycles. The SMILES string of the molecule is CCOc1ccccc1S(=O)(=O)N1CC(Oc2cccc(C)n2)C1. The Kier molecular flexibility index (Phi) is 4.73. The maximum Gasteiger partial charge on any atom is 0.247 e. The van der Waals surface area contributed by atoms with E-state index in [0.717, 1.165) is 5.69 Å². The van der Waals surface area contributed by atoms with Gasteiger partial charge in [0.05, 0.1) is 19.7 Å². The predicted octanol–water partition coefficient (Wildman–Crippen LogP) is 2.24. The Balaban J connectivity index is 1.68. The van der Waals surface area contributed by atoms with E-state index in [9.17, 15) is 8.42 Å². The van der Waals surface area contributed by atoms with Crippen LogP contribution in [0.15, 0.2) is 47.4 Å². The smallest absolute Gasteiger partial charge is 0.247 e. The van der Waals surface area contributed by atoms with Gasteiger partial charge in [0, 0.05) is 11.8 Å². The van der Waals surface area contributed by atoms with E-state index < -0.39 is 10.0 Å². The number of rotatable bonds is 6. The van der Waals surface area contributed by atoms with E-state index in [-0.39, 0.29) is 11.0 Å². The highest BCUT2D eigenvalue weighted by molar-refractivity contribution is 7.89. The summed E-state index contributed by atoms with van der Waals surface area (Å²) in [4.78, 5) is 4.46. The zero-order valence-corrected chi connectivity index (χ0v) is 14.5. The quantitative estimate of drug-likeness (QED) is 0.801. The molecule has 1 aromatic carbocycles. The molecule has 0 N–H and O–H groups in total. The first kappa shape index (κ1) is 16.7. The fourth-order valence-electron chi connectivity index (χ4n) is 2.50. The third-order valence-electron chi connectivity index (χ3n) is 3.73. The second-order valence-electron chi connectivity index (χ2n) is 5.56. The number of ether oxygens (including phenoxy) is 2. The van der Waals surface area contributed by atoms with Gasteiger partial charge in [-0.1, -0.05) is 18.2 Å². The molecular weight excluding hydrogens is 328 g/mol. The van der Waals surface area contributed by atoms with Crippen molar-refractivity contribution in [1.29, 1.82) is 0 Å². The number of nitrogens with zero attached hydrogens (tertiary/aromatic N) is 2. The lowest BCUT2D eigenvalue weighted by molar-refractivity contribution is 0.0718. The van der Waals surface area contributed by atoms with E-state index in [4.69, 9.17) is 9.47 Å². The van der Waals surface area contributed by atoms with E-state index in [1.54, 1.807) is 30.3 Å². The van der Waals surface area contributed by atoms with Crippen LogP contribution in [0.5, 0.6) is 11.6 Å². The molecule has 1 aromatic heterocycles. The van der Waals surface area contributed by atoms with E-state index in [0.29, 0.717) is 31.3 Å². The average Bonchev–Trinajstić information content (AvgIpc) is 2.51. The molecule has 1 aliphatic rings. The van der Waals surface area contributed by atoms with Gasteiger partial charge in [0.2, 0.25) is 15.9 Å². The molecule has 0 saturated carbocycles. The number of aryl methyl sites for hydroxylation is 1. The van der Waals surface area contributed by atoms with Crippen molar-refractivity contribution >= 4 is 10.0 Å². The molecule has 6 nitrogen and oxygen atoms in total. The van der Waals surface area contributed by atoms with Crippen LogP contribution >= 0.6 is 0 Å². The molecule has 3 rings (SSSR count). The molecule has 128 valence electrons. The second-order valence-corrected chi connectivity index (χ2v) is 7.47. The molecule has 2 aromatic rings. The van der Waals surface area contributed by atoms with E-state index in [1.165, 1.54) is 4.31 Å². The third-order valence-corrected chi connectivity index (χ3v) is 5.60. The fraction of sp³-hybridized carbons (Fsp3) is 0.353. The Morgan fingerprint density at radius 2 is 1.92 bits per heavy atom. The summed E-state index contributed by atoms with van der Waals surface area (Å²) in [5.74, 6) is 0.900. The van der Waals surface area contributed by atoms with Crippen molar-refractivity contribution in [2.24, 2.45) is 0 Å². The van der Waals surface area contributed by atoms with Crippen LogP contribution in [0.25, 0.3) is 0 Å². The standard InChI is InChI=1S/C17H20N2O4S/c1-3-22-15-8-4-5-9-16(15)24(20,21)19-11-14(12-19)23-17-10-6-7-13(2)18-17/h4-10,14H,3,11-12H2,1-2H3. The predicted molar refractivity (Wildman–Crippen MR) is 89.8 cm³/mol. The number of hydrogen-bond acceptors (Lipinski definition) is 5. The molecular formula is C17H20N2O4S. The van der Waals surface area contributed by atoms with Crippen LogP contribution in [-0.4, -0.2) is 43.5 Å². The van der Waals surface area contributed by atoms with Crippen LogP contribution in [0, 0.1) is 6.92 Å². The van der Waals surface area contributed by atoms with Crippen LogP contribution in [0.1, 0.15) is 12.6 Å². The van der Waals surface area contributed by atoms with Gasteiger partial charge in [-0.3, -0.25) is 0 Å². The molecule has 1 aliphatic heterocycles. The van der Waals surface area contributed by atoms with E-state index in [1.807, 2.05) is 26.0 Å². The van der Waals surface area contributed by atoms with Crippen molar-refractivity contribution < 1.29 is 17.9 Å². The lowest BCUT2D eigenvalue weighted by atomic mass is 10.2. The summed E-state index contributed by atoms with van der Waals surface area (Å²) in [6.45, 7) is 4.73. The summed E-state index contributed by atoms with van der Waals surface area (Å²) in [6, 6.07) is 12.2. The first-order chi connectivity index (χ1) is 11.5. The summed E-state index contributed by atoms with van der Waals surface area (Å²) >= 11 is 0. The van der Waals surface area contributed by atoms with Crippen LogP contribution in [0.2, 0.25) is 0 Å². The van der Waals surface area contributed by atoms with Crippen molar-refractivity contribution in [3.63, 3.8) is 0 Å². The lowest BCUT2D eigenvalue weighted by Crippen LogP contribution is -2.56. The minimum absolute atomic E-state index is 0.187. The first-order valence-corrected chi connectivity index (χ1v) is 9.27. The Morgan fingerprint density at radius 1 is 1.17 bits per heavy atom. The number of hydrogen-bond donors (Lipinski definition) is 0. The molecule has 0 bridgehead atoms. The first-order valence-electron chi connectivity index (χ1n) is 7.83. The van der Waals surface area contributed by atoms with Gasteiger partial charge in [-0.25, -0.2) is 13.4 Å². The molecule has 0 spiro atoms. The van der Waals surface area contributed by atoms with Gasteiger partial charge in [-0.2, -0.15) is 4.31 Å². The van der Waals surface area contributed by atoms with Crippen LogP contribution in [-0.2, 0) is 10.0 Å². The van der Waals surface area contributed by atoms with Crippen molar-refractivity contribution in [3.05, 3.63) is 48.2 Å². The molecule has 2 heterocycles. The zero-order valence-electron chi connectivity index (χ0n) is 13.7. The summed E-state index contributed by atoms with van der Waals surface area (Å²) in [6.07, 6.45) is -0.187. The number of pyridine rings is 1. The van der Waals surface area contributed by atoms with Crippen LogP contribution < -0.4 is 9.47 Å². The highest BCUT2D eigenvalue weighted by atomic mass is 32.2. The van der Waals surface area contributed by atoms with Gasteiger partial charge in [0.1, 0.15) is 16.7 Å². The summed E-state index contributed by atoms with van der Waals surface area (Å²) in [7, 11) is -3.58. The maximum atomic E-state index is 12.7. The average molecular weight is 348 g/mol. The largest absolute Gasteiger partial charge is 0.492 e. The molecule has 24 heavy (non-hydrogen) atoms. The lowest BCUT2D eigenvalue weighted by Gasteiger charge is -2.37. The molecule has 1 fully saturated rings. The Morgan fingerprint density at radius 3 is 2.62 bits per heavy atom. The molecule has 0 radical (unpaired) electrons. The second kappa shape index (κ2) is 6.78.